The van der Waals surface area contributed by atoms with E-state index in [1.807, 2.05) is 37.3 Å². The number of benzene rings is 2. The van der Waals surface area contributed by atoms with E-state index in [2.05, 4.69) is 10.2 Å². The molecule has 0 aromatic heterocycles. The molecule has 0 unspecified atom stereocenters. The number of hydrogen-bond donors (Lipinski definition) is 3. The number of amides is 1. The summed E-state index contributed by atoms with van der Waals surface area (Å²) in [6, 6.07) is 11.5. The molecular formula is C28H33ClN2O3. The Balaban J connectivity index is 1.29. The van der Waals surface area contributed by atoms with E-state index in [9.17, 15) is 15.0 Å². The number of phenols is 1. The number of fused-ring (bicyclic) bond motifs is 1. The first-order valence-electron chi connectivity index (χ1n) is 12.6. The fourth-order valence-electron chi connectivity index (χ4n) is 7.09. The van der Waals surface area contributed by atoms with Gasteiger partial charge in [-0.3, -0.25) is 9.69 Å². The van der Waals surface area contributed by atoms with Crippen molar-refractivity contribution in [3.05, 3.63) is 63.7 Å². The Labute approximate surface area is 206 Å². The minimum atomic E-state index is -0.962. The first kappa shape index (κ1) is 22.4. The molecule has 3 aliphatic carbocycles. The van der Waals surface area contributed by atoms with Crippen LogP contribution in [-0.2, 0) is 23.2 Å². The molecule has 1 heterocycles. The van der Waals surface area contributed by atoms with Gasteiger partial charge in [0.15, 0.2) is 0 Å². The van der Waals surface area contributed by atoms with Crippen LogP contribution in [0.2, 0.25) is 5.02 Å². The van der Waals surface area contributed by atoms with Crippen LogP contribution >= 0.6 is 11.6 Å². The van der Waals surface area contributed by atoms with Crippen LogP contribution in [-0.4, -0.2) is 45.8 Å². The van der Waals surface area contributed by atoms with Crippen molar-refractivity contribution in [2.75, 3.05) is 13.1 Å². The maximum atomic E-state index is 13.4. The number of aliphatic hydroxyl groups is 1. The molecule has 4 aliphatic rings. The van der Waals surface area contributed by atoms with Gasteiger partial charge in [0.25, 0.3) is 0 Å². The fourth-order valence-corrected chi connectivity index (χ4v) is 7.30. The topological polar surface area (TPSA) is 72.8 Å². The number of carbonyl (C=O) groups excluding carboxylic acids is 1. The number of rotatable bonds is 5. The van der Waals surface area contributed by atoms with Crippen LogP contribution in [0.4, 0.5) is 0 Å². The molecule has 1 amide bonds. The molecule has 6 rings (SSSR count). The van der Waals surface area contributed by atoms with Crippen LogP contribution in [0.5, 0.6) is 5.75 Å². The summed E-state index contributed by atoms with van der Waals surface area (Å²) in [4.78, 5) is 15.9. The minimum absolute atomic E-state index is 0.00464. The lowest BCUT2D eigenvalue weighted by molar-refractivity contribution is -0.134. The normalized spacial score (nSPS) is 32.2. The Morgan fingerprint density at radius 2 is 2.03 bits per heavy atom. The number of likely N-dealkylation sites (tertiary alicyclic amines) is 1. The lowest BCUT2D eigenvalue weighted by Crippen LogP contribution is -2.69. The Morgan fingerprint density at radius 1 is 1.21 bits per heavy atom. The van der Waals surface area contributed by atoms with Gasteiger partial charge in [0, 0.05) is 35.5 Å². The zero-order valence-corrected chi connectivity index (χ0v) is 20.4. The van der Waals surface area contributed by atoms with E-state index in [-0.39, 0.29) is 23.6 Å². The zero-order valence-electron chi connectivity index (χ0n) is 19.7. The summed E-state index contributed by atoms with van der Waals surface area (Å²) in [7, 11) is 0. The molecule has 3 N–H and O–H groups in total. The van der Waals surface area contributed by atoms with Gasteiger partial charge in [-0.05, 0) is 98.4 Å². The van der Waals surface area contributed by atoms with E-state index in [0.29, 0.717) is 24.4 Å². The molecule has 180 valence electrons. The van der Waals surface area contributed by atoms with Crippen LogP contribution in [0.25, 0.3) is 0 Å². The Morgan fingerprint density at radius 3 is 2.79 bits per heavy atom. The fraction of sp³-hybridized carbons (Fsp3) is 0.536. The third-order valence-corrected chi connectivity index (χ3v) is 9.49. The second-order valence-corrected chi connectivity index (χ2v) is 11.6. The predicted molar refractivity (Wildman–Crippen MR) is 132 cm³/mol. The molecule has 3 fully saturated rings. The highest BCUT2D eigenvalue weighted by molar-refractivity contribution is 6.31. The van der Waals surface area contributed by atoms with Gasteiger partial charge in [0.2, 0.25) is 5.91 Å². The number of nitrogens with zero attached hydrogens (tertiary/aromatic N) is 1. The molecule has 34 heavy (non-hydrogen) atoms. The number of nitrogens with one attached hydrogen (secondary N) is 1. The molecule has 2 aromatic rings. The van der Waals surface area contributed by atoms with E-state index in [4.69, 9.17) is 11.6 Å². The summed E-state index contributed by atoms with van der Waals surface area (Å²) in [6.07, 6.45) is 5.25. The zero-order chi connectivity index (χ0) is 23.7. The van der Waals surface area contributed by atoms with E-state index in [0.717, 1.165) is 48.5 Å². The third kappa shape index (κ3) is 3.47. The summed E-state index contributed by atoms with van der Waals surface area (Å²) in [5.41, 5.74) is 2.81. The van der Waals surface area contributed by atoms with Crippen LogP contribution < -0.4 is 5.32 Å². The molecule has 1 aliphatic heterocycles. The highest BCUT2D eigenvalue weighted by Gasteiger charge is 2.68. The molecule has 6 heteroatoms. The van der Waals surface area contributed by atoms with E-state index >= 15 is 0 Å². The minimum Gasteiger partial charge on any atom is -0.508 e. The maximum Gasteiger partial charge on any atom is 0.223 e. The van der Waals surface area contributed by atoms with Gasteiger partial charge in [0.05, 0.1) is 5.60 Å². The van der Waals surface area contributed by atoms with Crippen molar-refractivity contribution in [3.63, 3.8) is 0 Å². The van der Waals surface area contributed by atoms with Gasteiger partial charge in [-0.2, -0.15) is 0 Å². The molecule has 2 saturated carbocycles. The first-order valence-corrected chi connectivity index (χ1v) is 13.0. The summed E-state index contributed by atoms with van der Waals surface area (Å²) in [5.74, 6) is 0.718. The number of halogens is 1. The molecule has 2 bridgehead atoms. The van der Waals surface area contributed by atoms with Crippen molar-refractivity contribution in [3.8, 4) is 5.75 Å². The molecule has 4 atom stereocenters. The van der Waals surface area contributed by atoms with Crippen LogP contribution in [0.3, 0.4) is 0 Å². The number of aromatic hydroxyl groups is 1. The Kier molecular flexibility index (Phi) is 5.25. The van der Waals surface area contributed by atoms with E-state index in [1.54, 1.807) is 6.07 Å². The van der Waals surface area contributed by atoms with Gasteiger partial charge in [0.1, 0.15) is 5.75 Å². The quantitative estimate of drug-likeness (QED) is 0.602. The van der Waals surface area contributed by atoms with Crippen molar-refractivity contribution >= 4 is 17.5 Å². The number of phenolic OH excluding ortho intramolecular Hbond substituents is 1. The lowest BCUT2D eigenvalue weighted by Gasteiger charge is -2.59. The van der Waals surface area contributed by atoms with Gasteiger partial charge in [-0.1, -0.05) is 29.8 Å². The molecule has 2 aromatic carbocycles. The molecule has 0 radical (unpaired) electrons. The SMILES string of the molecule is Cc1ccc(CNC(=O)[C@@H]2C[C@]34CCN(CC5CC5)[C@H](Cc5ccc(O)cc53)[C@]4(O)C2)cc1Cl. The summed E-state index contributed by atoms with van der Waals surface area (Å²) in [5, 5.41) is 26.5. The average Bonchev–Trinajstić information content (AvgIpc) is 3.56. The Bertz CT molecular complexity index is 1150. The summed E-state index contributed by atoms with van der Waals surface area (Å²) >= 11 is 6.26. The third-order valence-electron chi connectivity index (χ3n) is 9.08. The van der Waals surface area contributed by atoms with Gasteiger partial charge in [-0.25, -0.2) is 0 Å². The second kappa shape index (κ2) is 7.97. The van der Waals surface area contributed by atoms with Crippen LogP contribution in [0.1, 0.15) is 54.4 Å². The van der Waals surface area contributed by atoms with Crippen molar-refractivity contribution < 1.29 is 15.0 Å². The smallest absolute Gasteiger partial charge is 0.223 e. The monoisotopic (exact) mass is 480 g/mol. The van der Waals surface area contributed by atoms with E-state index < -0.39 is 11.0 Å². The summed E-state index contributed by atoms with van der Waals surface area (Å²) in [6.45, 7) is 4.37. The van der Waals surface area contributed by atoms with Crippen LogP contribution in [0, 0.1) is 18.8 Å². The highest BCUT2D eigenvalue weighted by atomic mass is 35.5. The standard InChI is InChI=1S/C28H33ClN2O3/c1-17-2-3-19(10-24(17)29)15-30-26(33)21-13-27-8-9-31(16-18-4-5-18)25(28(27,34)14-21)11-20-6-7-22(32)12-23(20)27/h2-3,6-7,10,12,18,21,25,32,34H,4-5,8-9,11,13-16H2,1H3,(H,30,33)/t21-,25-,27-,28-/m1/s1. The van der Waals surface area contributed by atoms with Crippen molar-refractivity contribution in [1.29, 1.82) is 0 Å². The number of aryl methyl sites for hydroxylation is 1. The Hall–Kier alpha value is -2.08. The predicted octanol–water partition coefficient (Wildman–Crippen LogP) is 4.09. The van der Waals surface area contributed by atoms with Gasteiger partial charge < -0.3 is 15.5 Å². The summed E-state index contributed by atoms with van der Waals surface area (Å²) < 4.78 is 0. The molecule has 1 saturated heterocycles. The largest absolute Gasteiger partial charge is 0.508 e. The lowest BCUT2D eigenvalue weighted by atomic mass is 9.56. The number of piperidine rings is 1. The molecule has 5 nitrogen and oxygen atoms in total. The second-order valence-electron chi connectivity index (χ2n) is 11.2. The maximum absolute atomic E-state index is 13.4. The van der Waals surface area contributed by atoms with Crippen LogP contribution in [0.15, 0.2) is 36.4 Å². The van der Waals surface area contributed by atoms with E-state index in [1.165, 1.54) is 18.4 Å². The van der Waals surface area contributed by atoms with Gasteiger partial charge >= 0.3 is 0 Å². The number of hydrogen-bond acceptors (Lipinski definition) is 4. The van der Waals surface area contributed by atoms with Crippen molar-refractivity contribution in [1.82, 2.24) is 10.2 Å². The average molecular weight is 481 g/mol. The first-order chi connectivity index (χ1) is 16.3. The van der Waals surface area contributed by atoms with Gasteiger partial charge in [-0.15, -0.1) is 0 Å². The number of carbonyl (C=O) groups is 1. The van der Waals surface area contributed by atoms with Crippen molar-refractivity contribution in [2.24, 2.45) is 11.8 Å². The van der Waals surface area contributed by atoms with Crippen molar-refractivity contribution in [2.45, 2.75) is 69.1 Å². The molecular weight excluding hydrogens is 448 g/mol. The highest BCUT2D eigenvalue weighted by Crippen LogP contribution is 2.62. The molecule has 0 spiro atoms.